The van der Waals surface area contributed by atoms with Crippen molar-refractivity contribution in [2.45, 2.75) is 12.3 Å². The van der Waals surface area contributed by atoms with Crippen LogP contribution in [-0.2, 0) is 4.79 Å². The van der Waals surface area contributed by atoms with E-state index in [4.69, 9.17) is 20.9 Å². The molecule has 0 saturated carbocycles. The van der Waals surface area contributed by atoms with E-state index in [-0.39, 0.29) is 11.8 Å². The van der Waals surface area contributed by atoms with Gasteiger partial charge in [0.15, 0.2) is 0 Å². The molecule has 1 atom stereocenters. The van der Waals surface area contributed by atoms with Crippen molar-refractivity contribution in [3.63, 3.8) is 0 Å². The Hall–Kier alpha value is -2.86. The minimum Gasteiger partial charge on any atom is -0.497 e. The third kappa shape index (κ3) is 3.15. The number of carbonyl (C=O) groups is 1. The third-order valence-corrected chi connectivity index (χ3v) is 4.65. The van der Waals surface area contributed by atoms with Gasteiger partial charge in [0.25, 0.3) is 0 Å². The van der Waals surface area contributed by atoms with E-state index in [1.165, 1.54) is 0 Å². The van der Waals surface area contributed by atoms with Crippen molar-refractivity contribution < 1.29 is 14.1 Å². The Kier molecular flexibility index (Phi) is 4.34. The van der Waals surface area contributed by atoms with Gasteiger partial charge in [-0.3, -0.25) is 4.79 Å². The molecular weight excluding hydrogens is 354 g/mol. The Balaban J connectivity index is 1.52. The Morgan fingerprint density at radius 2 is 1.88 bits per heavy atom. The molecular formula is C19H16ClN3O3. The van der Waals surface area contributed by atoms with Gasteiger partial charge in [-0.15, -0.1) is 0 Å². The van der Waals surface area contributed by atoms with Gasteiger partial charge in [0.1, 0.15) is 5.75 Å². The molecule has 1 amide bonds. The molecule has 1 saturated heterocycles. The van der Waals surface area contributed by atoms with Crippen LogP contribution < -0.4 is 9.64 Å². The SMILES string of the molecule is COc1ccc(N2C[C@H](c3nc(-c4ccc(Cl)cc4)no3)CC2=O)cc1. The molecule has 1 aliphatic rings. The first-order chi connectivity index (χ1) is 12.6. The number of carbonyl (C=O) groups excluding carboxylic acids is 1. The van der Waals surface area contributed by atoms with Gasteiger partial charge in [-0.25, -0.2) is 0 Å². The molecule has 0 N–H and O–H groups in total. The zero-order valence-corrected chi connectivity index (χ0v) is 14.8. The van der Waals surface area contributed by atoms with E-state index >= 15 is 0 Å². The van der Waals surface area contributed by atoms with E-state index in [0.717, 1.165) is 17.0 Å². The number of hydrogen-bond donors (Lipinski definition) is 0. The fourth-order valence-electron chi connectivity index (χ4n) is 3.00. The third-order valence-electron chi connectivity index (χ3n) is 4.40. The lowest BCUT2D eigenvalue weighted by molar-refractivity contribution is -0.117. The maximum atomic E-state index is 12.4. The van der Waals surface area contributed by atoms with E-state index in [1.807, 2.05) is 36.4 Å². The highest BCUT2D eigenvalue weighted by Crippen LogP contribution is 2.32. The minimum absolute atomic E-state index is 0.0337. The maximum absolute atomic E-state index is 12.4. The van der Waals surface area contributed by atoms with Crippen molar-refractivity contribution in [2.24, 2.45) is 0 Å². The Morgan fingerprint density at radius 1 is 1.15 bits per heavy atom. The molecule has 0 radical (unpaired) electrons. The molecule has 0 aliphatic carbocycles. The van der Waals surface area contributed by atoms with Crippen LogP contribution in [0.1, 0.15) is 18.2 Å². The van der Waals surface area contributed by atoms with Gasteiger partial charge in [-0.2, -0.15) is 4.98 Å². The summed E-state index contributed by atoms with van der Waals surface area (Å²) in [4.78, 5) is 18.6. The zero-order valence-electron chi connectivity index (χ0n) is 14.1. The predicted molar refractivity (Wildman–Crippen MR) is 97.4 cm³/mol. The number of halogens is 1. The van der Waals surface area contributed by atoms with Crippen LogP contribution in [0.15, 0.2) is 53.1 Å². The van der Waals surface area contributed by atoms with Gasteiger partial charge in [-0.1, -0.05) is 16.8 Å². The lowest BCUT2D eigenvalue weighted by Crippen LogP contribution is -2.24. The fraction of sp³-hybridized carbons (Fsp3) is 0.211. The van der Waals surface area contributed by atoms with Crippen LogP contribution in [0.3, 0.4) is 0 Å². The number of hydrogen-bond acceptors (Lipinski definition) is 5. The Bertz CT molecular complexity index is 922. The molecule has 1 fully saturated rings. The standard InChI is InChI=1S/C19H16ClN3O3/c1-25-16-8-6-15(7-9-16)23-11-13(10-17(23)24)19-21-18(22-26-19)12-2-4-14(20)5-3-12/h2-9,13H,10-11H2,1H3/t13-/m1/s1. The monoisotopic (exact) mass is 369 g/mol. The van der Waals surface area contributed by atoms with Crippen molar-refractivity contribution in [3.8, 4) is 17.1 Å². The summed E-state index contributed by atoms with van der Waals surface area (Å²) < 4.78 is 10.6. The van der Waals surface area contributed by atoms with Gasteiger partial charge in [0.2, 0.25) is 17.6 Å². The van der Waals surface area contributed by atoms with Crippen LogP contribution in [0.25, 0.3) is 11.4 Å². The molecule has 132 valence electrons. The maximum Gasteiger partial charge on any atom is 0.232 e. The van der Waals surface area contributed by atoms with Gasteiger partial charge in [0, 0.05) is 29.2 Å². The van der Waals surface area contributed by atoms with Crippen LogP contribution in [-0.4, -0.2) is 29.7 Å². The molecule has 4 rings (SSSR count). The summed E-state index contributed by atoms with van der Waals surface area (Å²) in [5.41, 5.74) is 1.65. The van der Waals surface area contributed by atoms with Crippen LogP contribution in [0.5, 0.6) is 5.75 Å². The van der Waals surface area contributed by atoms with Crippen LogP contribution in [0.2, 0.25) is 5.02 Å². The average molecular weight is 370 g/mol. The number of anilines is 1. The number of rotatable bonds is 4. The second-order valence-electron chi connectivity index (χ2n) is 6.07. The van der Waals surface area contributed by atoms with Crippen molar-refractivity contribution >= 4 is 23.2 Å². The van der Waals surface area contributed by atoms with Crippen LogP contribution in [0, 0.1) is 0 Å². The summed E-state index contributed by atoms with van der Waals surface area (Å²) in [5.74, 6) is 1.62. The molecule has 26 heavy (non-hydrogen) atoms. The van der Waals surface area contributed by atoms with Gasteiger partial charge in [-0.05, 0) is 48.5 Å². The Morgan fingerprint density at radius 3 is 2.58 bits per heavy atom. The van der Waals surface area contributed by atoms with Gasteiger partial charge >= 0.3 is 0 Å². The highest BCUT2D eigenvalue weighted by Gasteiger charge is 2.35. The van der Waals surface area contributed by atoms with E-state index in [0.29, 0.717) is 29.7 Å². The average Bonchev–Trinajstić information content (AvgIpc) is 3.29. The predicted octanol–water partition coefficient (Wildman–Crippen LogP) is 3.92. The van der Waals surface area contributed by atoms with Crippen molar-refractivity contribution in [2.75, 3.05) is 18.6 Å². The van der Waals surface area contributed by atoms with Gasteiger partial charge in [0.05, 0.1) is 13.0 Å². The quantitative estimate of drug-likeness (QED) is 0.697. The fourth-order valence-corrected chi connectivity index (χ4v) is 3.13. The van der Waals surface area contributed by atoms with E-state index in [2.05, 4.69) is 10.1 Å². The topological polar surface area (TPSA) is 68.5 Å². The first-order valence-electron chi connectivity index (χ1n) is 8.18. The summed E-state index contributed by atoms with van der Waals surface area (Å²) in [6.45, 7) is 0.507. The second kappa shape index (κ2) is 6.80. The lowest BCUT2D eigenvalue weighted by Gasteiger charge is -2.16. The number of ether oxygens (including phenoxy) is 1. The summed E-state index contributed by atoms with van der Waals surface area (Å²) in [6.07, 6.45) is 0.342. The van der Waals surface area contributed by atoms with Crippen molar-refractivity contribution in [1.29, 1.82) is 0 Å². The smallest absolute Gasteiger partial charge is 0.232 e. The molecule has 0 spiro atoms. The normalized spacial score (nSPS) is 16.9. The zero-order chi connectivity index (χ0) is 18.1. The van der Waals surface area contributed by atoms with Crippen LogP contribution >= 0.6 is 11.6 Å². The van der Waals surface area contributed by atoms with Crippen LogP contribution in [0.4, 0.5) is 5.69 Å². The number of methoxy groups -OCH3 is 1. The molecule has 3 aromatic rings. The van der Waals surface area contributed by atoms with E-state index in [1.54, 1.807) is 24.1 Å². The minimum atomic E-state index is -0.127. The highest BCUT2D eigenvalue weighted by molar-refractivity contribution is 6.30. The first-order valence-corrected chi connectivity index (χ1v) is 8.56. The summed E-state index contributed by atoms with van der Waals surface area (Å²) in [6, 6.07) is 14.6. The largest absolute Gasteiger partial charge is 0.497 e. The molecule has 6 nitrogen and oxygen atoms in total. The molecule has 7 heteroatoms. The summed E-state index contributed by atoms with van der Waals surface area (Å²) in [5, 5.41) is 4.68. The number of amides is 1. The number of benzene rings is 2. The summed E-state index contributed by atoms with van der Waals surface area (Å²) >= 11 is 5.90. The molecule has 1 aliphatic heterocycles. The molecule has 2 aromatic carbocycles. The van der Waals surface area contributed by atoms with Crippen molar-refractivity contribution in [1.82, 2.24) is 10.1 Å². The van der Waals surface area contributed by atoms with E-state index < -0.39 is 0 Å². The molecule has 1 aromatic heterocycles. The van der Waals surface area contributed by atoms with Gasteiger partial charge < -0.3 is 14.2 Å². The first kappa shape index (κ1) is 16.6. The molecule has 0 bridgehead atoms. The highest BCUT2D eigenvalue weighted by atomic mass is 35.5. The lowest BCUT2D eigenvalue weighted by atomic mass is 10.1. The molecule has 0 unspecified atom stereocenters. The van der Waals surface area contributed by atoms with E-state index in [9.17, 15) is 4.79 Å². The second-order valence-corrected chi connectivity index (χ2v) is 6.50. The number of nitrogens with zero attached hydrogens (tertiary/aromatic N) is 3. The Labute approximate surface area is 155 Å². The number of aromatic nitrogens is 2. The van der Waals surface area contributed by atoms with Crippen molar-refractivity contribution in [3.05, 3.63) is 59.4 Å². The molecule has 2 heterocycles. The summed E-state index contributed by atoms with van der Waals surface area (Å²) in [7, 11) is 1.61.